The monoisotopic (exact) mass is 458 g/mol. The van der Waals surface area contributed by atoms with Crippen LogP contribution in [0.1, 0.15) is 42.1 Å². The molecule has 3 amide bonds. The van der Waals surface area contributed by atoms with Gasteiger partial charge in [-0.3, -0.25) is 14.4 Å². The number of fused-ring (bicyclic) bond motifs is 2. The van der Waals surface area contributed by atoms with E-state index in [1.54, 1.807) is 11.8 Å². The second kappa shape index (κ2) is 8.97. The predicted molar refractivity (Wildman–Crippen MR) is 130 cm³/mol. The topological polar surface area (TPSA) is 74.7 Å². The molecule has 0 unspecified atom stereocenters. The van der Waals surface area contributed by atoms with Crippen LogP contribution in [0, 0.1) is 0 Å². The highest BCUT2D eigenvalue weighted by Crippen LogP contribution is 2.38. The van der Waals surface area contributed by atoms with E-state index in [1.165, 1.54) is 5.39 Å². The lowest BCUT2D eigenvalue weighted by Crippen LogP contribution is -2.58. The van der Waals surface area contributed by atoms with Crippen molar-refractivity contribution in [1.29, 1.82) is 0 Å². The highest BCUT2D eigenvalue weighted by molar-refractivity contribution is 5.99. The Labute approximate surface area is 199 Å². The molecule has 176 valence electrons. The van der Waals surface area contributed by atoms with E-state index in [-0.39, 0.29) is 24.1 Å². The molecule has 0 aliphatic carbocycles. The Bertz CT molecular complexity index is 1240. The lowest BCUT2D eigenvalue weighted by Gasteiger charge is -2.47. The quantitative estimate of drug-likeness (QED) is 0.617. The number of nitrogens with zero attached hydrogens (tertiary/aromatic N) is 3. The summed E-state index contributed by atoms with van der Waals surface area (Å²) in [5, 5.41) is 4.25. The fourth-order valence-electron chi connectivity index (χ4n) is 5.43. The van der Waals surface area contributed by atoms with Gasteiger partial charge in [0.05, 0.1) is 12.0 Å². The highest BCUT2D eigenvalue weighted by atomic mass is 16.2. The molecule has 2 aliphatic rings. The number of para-hydroxylation sites is 1. The zero-order chi connectivity index (χ0) is 23.7. The van der Waals surface area contributed by atoms with Crippen molar-refractivity contribution in [3.63, 3.8) is 0 Å². The number of carbonyl (C=O) groups is 3. The van der Waals surface area contributed by atoms with E-state index in [9.17, 15) is 14.4 Å². The summed E-state index contributed by atoms with van der Waals surface area (Å²) in [7, 11) is 0. The number of amides is 3. The molecule has 7 nitrogen and oxygen atoms in total. The van der Waals surface area contributed by atoms with E-state index < -0.39 is 5.54 Å². The number of rotatable bonds is 6. The summed E-state index contributed by atoms with van der Waals surface area (Å²) in [5.41, 5.74) is 2.27. The number of carbonyl (C=O) groups excluding carboxylic acids is 3. The first-order valence-corrected chi connectivity index (χ1v) is 11.9. The van der Waals surface area contributed by atoms with Crippen molar-refractivity contribution in [3.05, 3.63) is 71.9 Å². The van der Waals surface area contributed by atoms with Gasteiger partial charge in [-0.25, -0.2) is 0 Å². The average molecular weight is 459 g/mol. The van der Waals surface area contributed by atoms with Crippen LogP contribution in [0.4, 0.5) is 0 Å². The van der Waals surface area contributed by atoms with Gasteiger partial charge in [0.2, 0.25) is 11.8 Å². The molecule has 1 saturated heterocycles. The second-order valence-electron chi connectivity index (χ2n) is 9.37. The van der Waals surface area contributed by atoms with Crippen molar-refractivity contribution < 1.29 is 14.4 Å². The van der Waals surface area contributed by atoms with E-state index >= 15 is 0 Å². The Morgan fingerprint density at radius 1 is 1.00 bits per heavy atom. The number of nitrogens with one attached hydrogen (secondary N) is 1. The molecule has 34 heavy (non-hydrogen) atoms. The maximum absolute atomic E-state index is 13.3. The van der Waals surface area contributed by atoms with Crippen LogP contribution in [0.2, 0.25) is 0 Å². The van der Waals surface area contributed by atoms with Crippen molar-refractivity contribution in [2.75, 3.05) is 19.6 Å². The fourth-order valence-corrected chi connectivity index (χ4v) is 5.43. The van der Waals surface area contributed by atoms with Crippen molar-refractivity contribution >= 4 is 28.6 Å². The number of hydrogen-bond acceptors (Lipinski definition) is 3. The molecule has 3 heterocycles. The summed E-state index contributed by atoms with van der Waals surface area (Å²) in [6, 6.07) is 17.9. The Morgan fingerprint density at radius 3 is 2.50 bits per heavy atom. The van der Waals surface area contributed by atoms with Gasteiger partial charge in [0.25, 0.3) is 5.91 Å². The smallest absolute Gasteiger partial charge is 0.254 e. The Morgan fingerprint density at radius 2 is 1.74 bits per heavy atom. The average Bonchev–Trinajstić information content (AvgIpc) is 3.41. The lowest BCUT2D eigenvalue weighted by atomic mass is 9.82. The number of aromatic nitrogens is 1. The molecule has 2 aromatic carbocycles. The number of likely N-dealkylation sites (tertiary alicyclic amines) is 1. The standard InChI is InChI=1S/C27H30N4O3/c1-20(32)29-15-11-27(12-16-29,31-19-22-7-2-4-8-23(22)26(31)34)18-25(33)28-13-17-30-14-10-21-6-3-5-9-24(21)30/h2-10,14H,11-13,15-19H2,1H3,(H,28,33). The molecule has 0 bridgehead atoms. The van der Waals surface area contributed by atoms with E-state index in [2.05, 4.69) is 28.1 Å². The molecule has 1 fully saturated rings. The van der Waals surface area contributed by atoms with Crippen LogP contribution in [0.5, 0.6) is 0 Å². The fraction of sp³-hybridized carbons (Fsp3) is 0.370. The van der Waals surface area contributed by atoms with Gasteiger partial charge < -0.3 is 19.7 Å². The molecule has 3 aromatic rings. The summed E-state index contributed by atoms with van der Waals surface area (Å²) >= 11 is 0. The van der Waals surface area contributed by atoms with Crippen molar-refractivity contribution in [1.82, 2.24) is 19.7 Å². The van der Waals surface area contributed by atoms with Crippen LogP contribution >= 0.6 is 0 Å². The molecular weight excluding hydrogens is 428 g/mol. The van der Waals surface area contributed by atoms with Gasteiger partial charge in [-0.2, -0.15) is 0 Å². The van der Waals surface area contributed by atoms with Gasteiger partial charge in [-0.15, -0.1) is 0 Å². The molecule has 0 spiro atoms. The molecule has 1 aromatic heterocycles. The zero-order valence-electron chi connectivity index (χ0n) is 19.5. The third-order valence-electron chi connectivity index (χ3n) is 7.38. The van der Waals surface area contributed by atoms with Crippen molar-refractivity contribution in [3.8, 4) is 0 Å². The van der Waals surface area contributed by atoms with E-state index in [0.717, 1.165) is 16.6 Å². The molecule has 7 heteroatoms. The van der Waals surface area contributed by atoms with Crippen molar-refractivity contribution in [2.45, 2.75) is 44.8 Å². The van der Waals surface area contributed by atoms with Gasteiger partial charge in [0.1, 0.15) is 0 Å². The van der Waals surface area contributed by atoms with E-state index in [1.807, 2.05) is 47.5 Å². The largest absolute Gasteiger partial charge is 0.354 e. The Hall–Kier alpha value is -3.61. The van der Waals surface area contributed by atoms with E-state index in [0.29, 0.717) is 45.6 Å². The third kappa shape index (κ3) is 4.06. The summed E-state index contributed by atoms with van der Waals surface area (Å²) in [5.74, 6) is -0.0389. The highest BCUT2D eigenvalue weighted by Gasteiger charge is 2.47. The number of benzene rings is 2. The molecule has 1 N–H and O–H groups in total. The van der Waals surface area contributed by atoms with Crippen molar-refractivity contribution in [2.24, 2.45) is 0 Å². The molecule has 2 aliphatic heterocycles. The van der Waals surface area contributed by atoms with Crippen LogP contribution in [-0.4, -0.2) is 57.3 Å². The van der Waals surface area contributed by atoms with Gasteiger partial charge in [-0.05, 0) is 42.0 Å². The third-order valence-corrected chi connectivity index (χ3v) is 7.38. The van der Waals surface area contributed by atoms with Crippen LogP contribution in [0.25, 0.3) is 10.9 Å². The number of piperidine rings is 1. The van der Waals surface area contributed by atoms with E-state index in [4.69, 9.17) is 0 Å². The minimum Gasteiger partial charge on any atom is -0.354 e. The van der Waals surface area contributed by atoms with Gasteiger partial charge in [0, 0.05) is 56.9 Å². The molecule has 5 rings (SSSR count). The van der Waals surface area contributed by atoms with Gasteiger partial charge >= 0.3 is 0 Å². The summed E-state index contributed by atoms with van der Waals surface area (Å²) in [6.45, 7) is 4.38. The number of hydrogen-bond donors (Lipinski definition) is 1. The van der Waals surface area contributed by atoms with Crippen LogP contribution in [-0.2, 0) is 22.7 Å². The first-order chi connectivity index (χ1) is 16.5. The SMILES string of the molecule is CC(=O)N1CCC(CC(=O)NCCn2ccc3ccccc32)(N2Cc3ccccc3C2=O)CC1. The minimum absolute atomic E-state index is 0.0153. The van der Waals surface area contributed by atoms with Crippen LogP contribution in [0.15, 0.2) is 60.8 Å². The first kappa shape index (κ1) is 22.2. The predicted octanol–water partition coefficient (Wildman–Crippen LogP) is 3.18. The molecule has 0 atom stereocenters. The zero-order valence-corrected chi connectivity index (χ0v) is 19.5. The Kier molecular flexibility index (Phi) is 5.86. The molecule has 0 saturated carbocycles. The summed E-state index contributed by atoms with van der Waals surface area (Å²) in [4.78, 5) is 42.0. The van der Waals surface area contributed by atoms with Crippen LogP contribution < -0.4 is 5.32 Å². The maximum Gasteiger partial charge on any atom is 0.254 e. The van der Waals surface area contributed by atoms with Crippen LogP contribution in [0.3, 0.4) is 0 Å². The Balaban J connectivity index is 1.28. The summed E-state index contributed by atoms with van der Waals surface area (Å²) in [6.07, 6.45) is 3.48. The molecular formula is C27H30N4O3. The van der Waals surface area contributed by atoms with Gasteiger partial charge in [-0.1, -0.05) is 36.4 Å². The first-order valence-electron chi connectivity index (χ1n) is 11.9. The lowest BCUT2D eigenvalue weighted by molar-refractivity contribution is -0.132. The maximum atomic E-state index is 13.3. The minimum atomic E-state index is -0.591. The normalized spacial score (nSPS) is 17.1. The molecule has 0 radical (unpaired) electrons. The van der Waals surface area contributed by atoms with Gasteiger partial charge in [0.15, 0.2) is 0 Å². The summed E-state index contributed by atoms with van der Waals surface area (Å²) < 4.78 is 2.14. The second-order valence-corrected chi connectivity index (χ2v) is 9.37.